The van der Waals surface area contributed by atoms with Crippen LogP contribution in [0.2, 0.25) is 0 Å². The Hall–Kier alpha value is -4.12. The van der Waals surface area contributed by atoms with Crippen molar-refractivity contribution in [2.24, 2.45) is 5.73 Å². The molecule has 222 valence electrons. The largest absolute Gasteiger partial charge is 0.497 e. The minimum atomic E-state index is -4.36. The zero-order valence-corrected chi connectivity index (χ0v) is 23.9. The summed E-state index contributed by atoms with van der Waals surface area (Å²) in [5.41, 5.74) is 6.62. The third kappa shape index (κ3) is 9.49. The first kappa shape index (κ1) is 33.1. The standard InChI is InChI=1S/C15H12F3NO2.C15H23NO4/c1-9-12(14(20)21-2)7-8-13(19-9)10-3-5-11(6-4-10)15(16,17)18;1-5-19-14(17)15(2,3)20-13-9-11(6-7-16)8-12(10-13)18-4/h3-8H,1-2H3;8-10H,5-7,16H2,1-4H3. The quantitative estimate of drug-likeness (QED) is 0.319. The lowest BCUT2D eigenvalue weighted by Crippen LogP contribution is -2.39. The number of benzene rings is 2. The summed E-state index contributed by atoms with van der Waals surface area (Å²) in [6.07, 6.45) is -3.65. The van der Waals surface area contributed by atoms with Gasteiger partial charge in [-0.1, -0.05) is 12.1 Å². The van der Waals surface area contributed by atoms with Crippen molar-refractivity contribution in [1.82, 2.24) is 4.98 Å². The minimum Gasteiger partial charge on any atom is -0.497 e. The van der Waals surface area contributed by atoms with E-state index in [9.17, 15) is 22.8 Å². The summed E-state index contributed by atoms with van der Waals surface area (Å²) in [5.74, 6) is 0.332. The Labute approximate surface area is 237 Å². The fraction of sp³-hybridized carbons (Fsp3) is 0.367. The molecular weight excluding hydrogens is 541 g/mol. The molecule has 0 aliphatic rings. The van der Waals surface area contributed by atoms with Gasteiger partial charge in [0, 0.05) is 11.6 Å². The number of carbonyl (C=O) groups excluding carboxylic acids is 2. The number of aryl methyl sites for hydroxylation is 1. The Morgan fingerprint density at radius 2 is 1.59 bits per heavy atom. The fourth-order valence-electron chi connectivity index (χ4n) is 3.64. The summed E-state index contributed by atoms with van der Waals surface area (Å²) in [6, 6.07) is 13.3. The molecule has 0 aliphatic carbocycles. The van der Waals surface area contributed by atoms with Crippen molar-refractivity contribution < 1.29 is 41.7 Å². The molecule has 2 aromatic carbocycles. The van der Waals surface area contributed by atoms with E-state index in [4.69, 9.17) is 19.9 Å². The number of methoxy groups -OCH3 is 2. The van der Waals surface area contributed by atoms with E-state index in [-0.39, 0.29) is 0 Å². The van der Waals surface area contributed by atoms with Gasteiger partial charge in [-0.15, -0.1) is 0 Å². The van der Waals surface area contributed by atoms with Crippen LogP contribution in [0.3, 0.4) is 0 Å². The second-order valence-electron chi connectivity index (χ2n) is 9.28. The van der Waals surface area contributed by atoms with E-state index < -0.39 is 29.3 Å². The molecule has 3 rings (SSSR count). The molecule has 0 bridgehead atoms. The number of halogens is 3. The van der Waals surface area contributed by atoms with Crippen molar-refractivity contribution in [3.8, 4) is 22.8 Å². The Balaban J connectivity index is 0.000000287. The smallest absolute Gasteiger partial charge is 0.416 e. The summed E-state index contributed by atoms with van der Waals surface area (Å²) < 4.78 is 58.1. The van der Waals surface area contributed by atoms with Gasteiger partial charge < -0.3 is 24.7 Å². The molecule has 1 aromatic heterocycles. The van der Waals surface area contributed by atoms with Crippen LogP contribution < -0.4 is 15.2 Å². The van der Waals surface area contributed by atoms with Crippen LogP contribution in [0, 0.1) is 6.92 Å². The Bertz CT molecular complexity index is 1320. The zero-order valence-electron chi connectivity index (χ0n) is 23.9. The van der Waals surface area contributed by atoms with Crippen LogP contribution >= 0.6 is 0 Å². The monoisotopic (exact) mass is 576 g/mol. The maximum Gasteiger partial charge on any atom is 0.416 e. The number of ether oxygens (including phenoxy) is 4. The molecule has 2 N–H and O–H groups in total. The molecule has 1 heterocycles. The molecule has 0 saturated carbocycles. The molecular formula is C30H35F3N2O6. The van der Waals surface area contributed by atoms with E-state index >= 15 is 0 Å². The number of hydrogen-bond donors (Lipinski definition) is 1. The van der Waals surface area contributed by atoms with Crippen LogP contribution in [0.4, 0.5) is 13.2 Å². The fourth-order valence-corrected chi connectivity index (χ4v) is 3.64. The summed E-state index contributed by atoms with van der Waals surface area (Å²) in [4.78, 5) is 27.5. The Morgan fingerprint density at radius 3 is 2.10 bits per heavy atom. The molecule has 0 atom stereocenters. The van der Waals surface area contributed by atoms with Gasteiger partial charge in [0.2, 0.25) is 0 Å². The second-order valence-corrected chi connectivity index (χ2v) is 9.28. The third-order valence-corrected chi connectivity index (χ3v) is 5.75. The van der Waals surface area contributed by atoms with Crippen LogP contribution in [0.1, 0.15) is 48.0 Å². The summed E-state index contributed by atoms with van der Waals surface area (Å²) in [6.45, 7) is 7.61. The van der Waals surface area contributed by atoms with Crippen molar-refractivity contribution in [1.29, 1.82) is 0 Å². The van der Waals surface area contributed by atoms with Crippen LogP contribution in [0.5, 0.6) is 11.5 Å². The van der Waals surface area contributed by atoms with E-state index in [1.807, 2.05) is 12.1 Å². The lowest BCUT2D eigenvalue weighted by molar-refractivity contribution is -0.158. The maximum absolute atomic E-state index is 12.5. The van der Waals surface area contributed by atoms with Gasteiger partial charge in [-0.2, -0.15) is 13.2 Å². The lowest BCUT2D eigenvalue weighted by atomic mass is 10.1. The van der Waals surface area contributed by atoms with Crippen molar-refractivity contribution in [3.63, 3.8) is 0 Å². The number of alkyl halides is 3. The highest BCUT2D eigenvalue weighted by Gasteiger charge is 2.32. The highest BCUT2D eigenvalue weighted by atomic mass is 19.4. The van der Waals surface area contributed by atoms with Gasteiger partial charge in [-0.3, -0.25) is 4.98 Å². The van der Waals surface area contributed by atoms with Crippen molar-refractivity contribution >= 4 is 11.9 Å². The normalized spacial score (nSPS) is 11.2. The van der Waals surface area contributed by atoms with Gasteiger partial charge in [0.05, 0.1) is 43.3 Å². The van der Waals surface area contributed by atoms with E-state index in [0.29, 0.717) is 53.6 Å². The summed E-state index contributed by atoms with van der Waals surface area (Å²) in [5, 5.41) is 0. The average molecular weight is 577 g/mol. The molecule has 0 aliphatic heterocycles. The molecule has 41 heavy (non-hydrogen) atoms. The van der Waals surface area contributed by atoms with E-state index in [1.165, 1.54) is 19.2 Å². The molecule has 0 saturated heterocycles. The lowest BCUT2D eigenvalue weighted by Gasteiger charge is -2.24. The van der Waals surface area contributed by atoms with E-state index in [0.717, 1.165) is 17.7 Å². The van der Waals surface area contributed by atoms with Gasteiger partial charge in [-0.25, -0.2) is 9.59 Å². The predicted octanol–water partition coefficient (Wildman–Crippen LogP) is 5.78. The highest BCUT2D eigenvalue weighted by Crippen LogP contribution is 2.31. The van der Waals surface area contributed by atoms with Gasteiger partial charge in [-0.05, 0) is 82.6 Å². The Morgan fingerprint density at radius 1 is 0.951 bits per heavy atom. The molecule has 11 heteroatoms. The molecule has 0 unspecified atom stereocenters. The Kier molecular flexibility index (Phi) is 11.7. The first-order valence-corrected chi connectivity index (χ1v) is 12.7. The number of nitrogens with zero attached hydrogens (tertiary/aromatic N) is 1. The van der Waals surface area contributed by atoms with Crippen molar-refractivity contribution in [3.05, 3.63) is 77.0 Å². The van der Waals surface area contributed by atoms with Crippen LogP contribution in [-0.2, 0) is 26.9 Å². The van der Waals surface area contributed by atoms with Gasteiger partial charge in [0.15, 0.2) is 5.60 Å². The number of nitrogens with two attached hydrogens (primary N) is 1. The van der Waals surface area contributed by atoms with Gasteiger partial charge >= 0.3 is 18.1 Å². The maximum atomic E-state index is 12.5. The number of aromatic nitrogens is 1. The highest BCUT2D eigenvalue weighted by molar-refractivity contribution is 5.90. The molecule has 0 radical (unpaired) electrons. The second kappa shape index (κ2) is 14.5. The van der Waals surface area contributed by atoms with Crippen molar-refractivity contribution in [2.75, 3.05) is 27.4 Å². The minimum absolute atomic E-state index is 0.322. The van der Waals surface area contributed by atoms with Gasteiger partial charge in [0.1, 0.15) is 11.5 Å². The molecule has 0 amide bonds. The van der Waals surface area contributed by atoms with Crippen LogP contribution in [0.25, 0.3) is 11.3 Å². The first-order valence-electron chi connectivity index (χ1n) is 12.7. The number of carbonyl (C=O) groups is 2. The average Bonchev–Trinajstić information content (AvgIpc) is 2.92. The van der Waals surface area contributed by atoms with E-state index in [2.05, 4.69) is 9.72 Å². The topological polar surface area (TPSA) is 110 Å². The molecule has 3 aromatic rings. The molecule has 8 nitrogen and oxygen atoms in total. The third-order valence-electron chi connectivity index (χ3n) is 5.75. The summed E-state index contributed by atoms with van der Waals surface area (Å²) >= 11 is 0. The molecule has 0 spiro atoms. The van der Waals surface area contributed by atoms with Crippen molar-refractivity contribution in [2.45, 2.75) is 45.9 Å². The molecule has 0 fully saturated rings. The number of esters is 2. The number of hydrogen-bond acceptors (Lipinski definition) is 8. The SMILES string of the molecule is CCOC(=O)C(C)(C)Oc1cc(CCN)cc(OC)c1.COC(=O)c1ccc(-c2ccc(C(F)(F)F)cc2)nc1C. The van der Waals surface area contributed by atoms with E-state index in [1.54, 1.807) is 53.0 Å². The van der Waals surface area contributed by atoms with Crippen LogP contribution in [-0.4, -0.2) is 49.9 Å². The zero-order chi connectivity index (χ0) is 30.8. The number of pyridine rings is 1. The predicted molar refractivity (Wildman–Crippen MR) is 148 cm³/mol. The number of rotatable bonds is 9. The van der Waals surface area contributed by atoms with Crippen LogP contribution in [0.15, 0.2) is 54.6 Å². The first-order chi connectivity index (χ1) is 19.2. The summed E-state index contributed by atoms with van der Waals surface area (Å²) in [7, 11) is 2.85. The van der Waals surface area contributed by atoms with Gasteiger partial charge in [0.25, 0.3) is 0 Å².